The van der Waals surface area contributed by atoms with Crippen LogP contribution < -0.4 is 9.92 Å². The minimum atomic E-state index is -2.39. The molecule has 0 aliphatic heterocycles. The second-order valence-electron chi connectivity index (χ2n) is 14.2. The lowest BCUT2D eigenvalue weighted by molar-refractivity contribution is 0.366. The smallest absolute Gasteiger partial charge is 0.137 e. The normalized spacial score (nSPS) is 13.0. The quantitative estimate of drug-likeness (QED) is 0.129. The van der Waals surface area contributed by atoms with E-state index in [9.17, 15) is 0 Å². The molecule has 0 unspecified atom stereocenters. The molecule has 5 aromatic carbocycles. The number of hydrogen-bond donors (Lipinski definition) is 0. The SMILES string of the molecule is C=CCOc1c(Cl)cc(C(C)(C)C)cc1[Si](C)(C)C1c2cc(-c3ccc(C)cc3)ccc2-c2ccc(-c3ccc(C)cc3)cc21. The third-order valence-electron chi connectivity index (χ3n) is 9.46. The van der Waals surface area contributed by atoms with Crippen LogP contribution in [0.2, 0.25) is 18.1 Å². The highest BCUT2D eigenvalue weighted by Gasteiger charge is 2.44. The molecule has 0 atom stereocenters. The van der Waals surface area contributed by atoms with Crippen molar-refractivity contribution in [1.29, 1.82) is 0 Å². The molecule has 0 aromatic heterocycles. The molecule has 0 amide bonds. The fourth-order valence-electron chi connectivity index (χ4n) is 6.84. The minimum absolute atomic E-state index is 0.0530. The van der Waals surface area contributed by atoms with Crippen molar-refractivity contribution >= 4 is 24.9 Å². The molecular weight excluding hydrogens is 584 g/mol. The standard InChI is InChI=1S/C42H43ClOSi/c1-9-22-44-40-38(43)25-33(42(4,5)6)26-39(40)45(7,8)41-36-23-31(29-14-10-27(2)11-15-29)18-20-34(36)35-21-19-32(24-37(35)41)30-16-12-28(3)13-17-30/h9-21,23-26,41H,1,22H2,2-8H3. The Morgan fingerprint density at radius 1 is 0.711 bits per heavy atom. The molecule has 5 aromatic rings. The van der Waals surface area contributed by atoms with Crippen molar-refractivity contribution in [1.82, 2.24) is 0 Å². The molecule has 0 spiro atoms. The monoisotopic (exact) mass is 626 g/mol. The van der Waals surface area contributed by atoms with Crippen LogP contribution in [0.1, 0.15) is 54.1 Å². The van der Waals surface area contributed by atoms with Crippen molar-refractivity contribution in [3.8, 4) is 39.1 Å². The topological polar surface area (TPSA) is 9.23 Å². The van der Waals surface area contributed by atoms with E-state index >= 15 is 0 Å². The highest BCUT2D eigenvalue weighted by molar-refractivity contribution is 6.92. The first-order valence-electron chi connectivity index (χ1n) is 15.9. The molecule has 0 saturated carbocycles. The summed E-state index contributed by atoms with van der Waals surface area (Å²) >= 11 is 7.09. The number of hydrogen-bond acceptors (Lipinski definition) is 1. The lowest BCUT2D eigenvalue weighted by Gasteiger charge is -2.35. The van der Waals surface area contributed by atoms with Gasteiger partial charge in [-0.05, 0) is 80.6 Å². The summed E-state index contributed by atoms with van der Waals surface area (Å²) in [5.41, 5.74) is 14.3. The maximum absolute atomic E-state index is 7.09. The van der Waals surface area contributed by atoms with E-state index < -0.39 is 8.07 Å². The van der Waals surface area contributed by atoms with Gasteiger partial charge in [0.25, 0.3) is 0 Å². The second-order valence-corrected chi connectivity index (χ2v) is 19.1. The molecule has 0 heterocycles. The zero-order valence-electron chi connectivity index (χ0n) is 27.6. The molecule has 1 aliphatic carbocycles. The highest BCUT2D eigenvalue weighted by Crippen LogP contribution is 2.51. The van der Waals surface area contributed by atoms with Crippen molar-refractivity contribution in [2.45, 2.75) is 58.7 Å². The van der Waals surface area contributed by atoms with E-state index in [0.29, 0.717) is 11.6 Å². The summed E-state index contributed by atoms with van der Waals surface area (Å²) in [6, 6.07) is 36.4. The number of ether oxygens (including phenoxy) is 1. The first-order valence-corrected chi connectivity index (χ1v) is 19.3. The molecule has 6 rings (SSSR count). The predicted molar refractivity (Wildman–Crippen MR) is 197 cm³/mol. The molecular formula is C42H43ClOSi. The van der Waals surface area contributed by atoms with E-state index in [1.807, 2.05) is 0 Å². The Bertz CT molecular complexity index is 1800. The average molecular weight is 627 g/mol. The largest absolute Gasteiger partial charge is 0.488 e. The minimum Gasteiger partial charge on any atom is -0.488 e. The van der Waals surface area contributed by atoms with Crippen LogP contribution in [-0.2, 0) is 5.41 Å². The summed E-state index contributed by atoms with van der Waals surface area (Å²) in [5.74, 6) is 0.806. The van der Waals surface area contributed by atoms with Gasteiger partial charge in [0.05, 0.1) is 13.1 Å². The number of halogens is 1. The van der Waals surface area contributed by atoms with Crippen LogP contribution in [0.15, 0.2) is 110 Å². The van der Waals surface area contributed by atoms with E-state index in [2.05, 4.69) is 151 Å². The van der Waals surface area contributed by atoms with Gasteiger partial charge in [-0.3, -0.25) is 0 Å². The summed E-state index contributed by atoms with van der Waals surface area (Å²) in [6.45, 7) is 20.4. The maximum Gasteiger partial charge on any atom is 0.137 e. The number of rotatable bonds is 7. The zero-order valence-corrected chi connectivity index (χ0v) is 29.3. The fourth-order valence-corrected chi connectivity index (χ4v) is 10.9. The van der Waals surface area contributed by atoms with E-state index in [-0.39, 0.29) is 11.0 Å². The van der Waals surface area contributed by atoms with Crippen LogP contribution in [0, 0.1) is 13.8 Å². The molecule has 0 N–H and O–H groups in total. The summed E-state index contributed by atoms with van der Waals surface area (Å²) in [6.07, 6.45) is 1.80. The summed E-state index contributed by atoms with van der Waals surface area (Å²) in [7, 11) is -2.39. The van der Waals surface area contributed by atoms with Gasteiger partial charge in [0.15, 0.2) is 0 Å². The van der Waals surface area contributed by atoms with Crippen LogP contribution in [0.3, 0.4) is 0 Å². The molecule has 0 bridgehead atoms. The van der Waals surface area contributed by atoms with Gasteiger partial charge in [-0.2, -0.15) is 0 Å². The summed E-state index contributed by atoms with van der Waals surface area (Å²) in [4.78, 5) is 0. The van der Waals surface area contributed by atoms with Crippen molar-refractivity contribution in [2.24, 2.45) is 0 Å². The van der Waals surface area contributed by atoms with E-state index in [4.69, 9.17) is 16.3 Å². The van der Waals surface area contributed by atoms with Crippen molar-refractivity contribution < 1.29 is 4.74 Å². The van der Waals surface area contributed by atoms with Crippen LogP contribution in [0.4, 0.5) is 0 Å². The molecule has 3 heteroatoms. The van der Waals surface area contributed by atoms with E-state index in [1.54, 1.807) is 6.08 Å². The van der Waals surface area contributed by atoms with Crippen LogP contribution >= 0.6 is 11.6 Å². The van der Waals surface area contributed by atoms with Gasteiger partial charge in [0, 0.05) is 5.54 Å². The van der Waals surface area contributed by atoms with Crippen LogP contribution in [-0.4, -0.2) is 14.7 Å². The van der Waals surface area contributed by atoms with Crippen LogP contribution in [0.25, 0.3) is 33.4 Å². The molecule has 45 heavy (non-hydrogen) atoms. The lowest BCUT2D eigenvalue weighted by Crippen LogP contribution is -2.49. The summed E-state index contributed by atoms with van der Waals surface area (Å²) in [5, 5.41) is 1.94. The van der Waals surface area contributed by atoms with E-state index in [0.717, 1.165) is 5.75 Å². The third-order valence-corrected chi connectivity index (χ3v) is 13.6. The highest BCUT2D eigenvalue weighted by atomic mass is 35.5. The Morgan fingerprint density at radius 2 is 1.18 bits per heavy atom. The van der Waals surface area contributed by atoms with Gasteiger partial charge in [-0.25, -0.2) is 0 Å². The van der Waals surface area contributed by atoms with Crippen molar-refractivity contribution in [3.05, 3.63) is 143 Å². The Labute approximate surface area is 275 Å². The summed E-state index contributed by atoms with van der Waals surface area (Å²) < 4.78 is 6.40. The first kappa shape index (κ1) is 31.1. The number of aryl methyl sites for hydroxylation is 2. The number of benzene rings is 5. The predicted octanol–water partition coefficient (Wildman–Crippen LogP) is 11.4. The lowest BCUT2D eigenvalue weighted by atomic mass is 9.87. The molecule has 1 nitrogen and oxygen atoms in total. The Hall–Kier alpha value is -3.85. The maximum atomic E-state index is 7.09. The first-order chi connectivity index (χ1) is 21.4. The Balaban J connectivity index is 1.60. The zero-order chi connectivity index (χ0) is 32.1. The molecule has 0 saturated heterocycles. The Morgan fingerprint density at radius 3 is 1.62 bits per heavy atom. The van der Waals surface area contributed by atoms with Gasteiger partial charge >= 0.3 is 0 Å². The van der Waals surface area contributed by atoms with Gasteiger partial charge < -0.3 is 4.74 Å². The molecule has 0 fully saturated rings. The van der Waals surface area contributed by atoms with Crippen LogP contribution in [0.5, 0.6) is 5.75 Å². The molecule has 1 aliphatic rings. The van der Waals surface area contributed by atoms with E-state index in [1.165, 1.54) is 66.4 Å². The second kappa shape index (κ2) is 11.8. The van der Waals surface area contributed by atoms with Crippen molar-refractivity contribution in [2.75, 3.05) is 6.61 Å². The van der Waals surface area contributed by atoms with Gasteiger partial charge in [-0.15, -0.1) is 0 Å². The fraction of sp³-hybridized carbons (Fsp3) is 0.238. The number of fused-ring (bicyclic) bond motifs is 3. The van der Waals surface area contributed by atoms with Gasteiger partial charge in [0.2, 0.25) is 0 Å². The third kappa shape index (κ3) is 5.82. The Kier molecular flexibility index (Phi) is 8.18. The van der Waals surface area contributed by atoms with Gasteiger partial charge in [0.1, 0.15) is 12.4 Å². The molecule has 228 valence electrons. The van der Waals surface area contributed by atoms with Gasteiger partial charge in [-0.1, -0.05) is 160 Å². The average Bonchev–Trinajstić information content (AvgIpc) is 3.34. The van der Waals surface area contributed by atoms with Crippen molar-refractivity contribution in [3.63, 3.8) is 0 Å². The molecule has 0 radical (unpaired) electrons.